The van der Waals surface area contributed by atoms with Crippen LogP contribution in [0.25, 0.3) is 0 Å². The van der Waals surface area contributed by atoms with E-state index in [1.165, 1.54) is 24.2 Å². The molecule has 0 fully saturated rings. The molecule has 0 aliphatic carbocycles. The van der Waals surface area contributed by atoms with Gasteiger partial charge in [-0.1, -0.05) is 37.1 Å². The topological polar surface area (TPSA) is 26.0 Å². The zero-order valence-electron chi connectivity index (χ0n) is 9.08. The van der Waals surface area contributed by atoms with Crippen LogP contribution in [-0.4, -0.2) is 12.3 Å². The Hall–Kier alpha value is -0.180. The van der Waals surface area contributed by atoms with Gasteiger partial charge in [0.1, 0.15) is 0 Å². The van der Waals surface area contributed by atoms with Crippen LogP contribution in [0.15, 0.2) is 24.3 Å². The molecule has 0 aromatic heterocycles. The van der Waals surface area contributed by atoms with Crippen molar-refractivity contribution in [2.75, 3.05) is 12.3 Å². The first-order valence-corrected chi connectivity index (χ1v) is 6.77. The Bertz CT molecular complexity index is 273. The first-order chi connectivity index (χ1) is 7.27. The van der Waals surface area contributed by atoms with Crippen LogP contribution in [0.3, 0.4) is 0 Å². The molecule has 1 nitrogen and oxygen atoms in total. The van der Waals surface area contributed by atoms with Crippen molar-refractivity contribution in [2.45, 2.75) is 25.0 Å². The Kier molecular flexibility index (Phi) is 6.15. The molecule has 0 aliphatic heterocycles. The number of hydrogen-bond donors (Lipinski definition) is 1. The molecule has 1 aromatic rings. The van der Waals surface area contributed by atoms with Crippen LogP contribution < -0.4 is 5.73 Å². The number of hydrogen-bond acceptors (Lipinski definition) is 2. The largest absolute Gasteiger partial charge is 0.329 e. The molecule has 3 heteroatoms. The summed E-state index contributed by atoms with van der Waals surface area (Å²) in [6.45, 7) is 2.90. The summed E-state index contributed by atoms with van der Waals surface area (Å²) in [5.41, 5.74) is 7.05. The molecular formula is C12H18ClNS. The molecule has 0 aliphatic rings. The van der Waals surface area contributed by atoms with Crippen LogP contribution in [-0.2, 0) is 0 Å². The summed E-state index contributed by atoms with van der Waals surface area (Å²) in [4.78, 5) is 0. The zero-order chi connectivity index (χ0) is 11.1. The maximum absolute atomic E-state index is 5.85. The van der Waals surface area contributed by atoms with E-state index in [0.717, 1.165) is 5.02 Å². The predicted octanol–water partition coefficient (Wildman–Crippen LogP) is 3.87. The van der Waals surface area contributed by atoms with E-state index < -0.39 is 0 Å². The summed E-state index contributed by atoms with van der Waals surface area (Å²) in [7, 11) is 0. The van der Waals surface area contributed by atoms with Crippen molar-refractivity contribution in [2.24, 2.45) is 5.73 Å². The Morgan fingerprint density at radius 2 is 2.00 bits per heavy atom. The molecule has 0 spiro atoms. The van der Waals surface area contributed by atoms with Crippen molar-refractivity contribution >= 4 is 23.4 Å². The first-order valence-electron chi connectivity index (χ1n) is 5.35. The molecule has 1 rings (SSSR count). The van der Waals surface area contributed by atoms with Crippen LogP contribution in [0.2, 0.25) is 5.02 Å². The van der Waals surface area contributed by atoms with Gasteiger partial charge in [0.2, 0.25) is 0 Å². The van der Waals surface area contributed by atoms with Gasteiger partial charge in [-0.05, 0) is 29.9 Å². The van der Waals surface area contributed by atoms with Gasteiger partial charge >= 0.3 is 0 Å². The van der Waals surface area contributed by atoms with Gasteiger partial charge in [0.25, 0.3) is 0 Å². The third-order valence-electron chi connectivity index (χ3n) is 2.27. The van der Waals surface area contributed by atoms with Gasteiger partial charge in [-0.15, -0.1) is 0 Å². The molecule has 15 heavy (non-hydrogen) atoms. The highest BCUT2D eigenvalue weighted by Gasteiger charge is 2.09. The van der Waals surface area contributed by atoms with E-state index in [1.54, 1.807) is 0 Å². The quantitative estimate of drug-likeness (QED) is 0.768. The van der Waals surface area contributed by atoms with Crippen LogP contribution in [0.4, 0.5) is 0 Å². The van der Waals surface area contributed by atoms with Crippen LogP contribution >= 0.6 is 23.4 Å². The molecule has 2 N–H and O–H groups in total. The fourth-order valence-corrected chi connectivity index (χ4v) is 2.70. The highest BCUT2D eigenvalue weighted by atomic mass is 35.5. The first kappa shape index (κ1) is 12.9. The lowest BCUT2D eigenvalue weighted by Gasteiger charge is -2.14. The number of thioether (sulfide) groups is 1. The summed E-state index contributed by atoms with van der Waals surface area (Å²) in [6, 6.07) is 8.00. The second-order valence-corrected chi connectivity index (χ2v) is 5.25. The average molecular weight is 244 g/mol. The van der Waals surface area contributed by atoms with Gasteiger partial charge in [0.05, 0.1) is 0 Å². The number of unbranched alkanes of at least 4 members (excludes halogenated alkanes) is 1. The van der Waals surface area contributed by atoms with Gasteiger partial charge in [0.15, 0.2) is 0 Å². The highest BCUT2D eigenvalue weighted by molar-refractivity contribution is 7.99. The molecule has 0 saturated carbocycles. The second-order valence-electron chi connectivity index (χ2n) is 3.50. The van der Waals surface area contributed by atoms with E-state index in [-0.39, 0.29) is 0 Å². The Morgan fingerprint density at radius 3 is 2.53 bits per heavy atom. The standard InChI is InChI=1S/C12H18ClNS/c1-2-3-8-15-12(9-14)10-4-6-11(13)7-5-10/h4-7,12H,2-3,8-9,14H2,1H3. The monoisotopic (exact) mass is 243 g/mol. The predicted molar refractivity (Wildman–Crippen MR) is 70.6 cm³/mol. The van der Waals surface area contributed by atoms with E-state index >= 15 is 0 Å². The lowest BCUT2D eigenvalue weighted by Crippen LogP contribution is -2.09. The highest BCUT2D eigenvalue weighted by Crippen LogP contribution is 2.29. The van der Waals surface area contributed by atoms with E-state index in [1.807, 2.05) is 23.9 Å². The van der Waals surface area contributed by atoms with Crippen molar-refractivity contribution < 1.29 is 0 Å². The van der Waals surface area contributed by atoms with Crippen molar-refractivity contribution in [3.8, 4) is 0 Å². The fourth-order valence-electron chi connectivity index (χ4n) is 1.35. The Balaban J connectivity index is 2.53. The zero-order valence-corrected chi connectivity index (χ0v) is 10.7. The molecule has 84 valence electrons. The Morgan fingerprint density at radius 1 is 1.33 bits per heavy atom. The smallest absolute Gasteiger partial charge is 0.0419 e. The van der Waals surface area contributed by atoms with Gasteiger partial charge in [-0.3, -0.25) is 0 Å². The Labute approximate surface area is 101 Å². The van der Waals surface area contributed by atoms with E-state index in [4.69, 9.17) is 17.3 Å². The van der Waals surface area contributed by atoms with Crippen LogP contribution in [0.5, 0.6) is 0 Å². The summed E-state index contributed by atoms with van der Waals surface area (Å²) in [6.07, 6.45) is 2.50. The van der Waals surface area contributed by atoms with Crippen molar-refractivity contribution in [1.82, 2.24) is 0 Å². The summed E-state index contributed by atoms with van der Waals surface area (Å²) in [5.74, 6) is 1.18. The van der Waals surface area contributed by atoms with Gasteiger partial charge in [-0.2, -0.15) is 11.8 Å². The maximum atomic E-state index is 5.85. The van der Waals surface area contributed by atoms with Crippen LogP contribution in [0, 0.1) is 0 Å². The summed E-state index contributed by atoms with van der Waals surface area (Å²) >= 11 is 7.79. The summed E-state index contributed by atoms with van der Waals surface area (Å²) in [5, 5.41) is 1.20. The van der Waals surface area contributed by atoms with E-state index in [0.29, 0.717) is 11.8 Å². The second kappa shape index (κ2) is 7.15. The lowest BCUT2D eigenvalue weighted by molar-refractivity contribution is 0.882. The van der Waals surface area contributed by atoms with E-state index in [2.05, 4.69) is 19.1 Å². The third kappa shape index (κ3) is 4.45. The van der Waals surface area contributed by atoms with Gasteiger partial charge in [-0.25, -0.2) is 0 Å². The number of benzene rings is 1. The molecular weight excluding hydrogens is 226 g/mol. The lowest BCUT2D eigenvalue weighted by atomic mass is 10.1. The average Bonchev–Trinajstić information content (AvgIpc) is 2.26. The van der Waals surface area contributed by atoms with Crippen molar-refractivity contribution in [1.29, 1.82) is 0 Å². The van der Waals surface area contributed by atoms with Gasteiger partial charge in [0, 0.05) is 16.8 Å². The minimum atomic E-state index is 0.411. The molecule has 0 bridgehead atoms. The number of nitrogens with two attached hydrogens (primary N) is 1. The fraction of sp³-hybridized carbons (Fsp3) is 0.500. The normalized spacial score (nSPS) is 12.7. The molecule has 1 unspecified atom stereocenters. The minimum Gasteiger partial charge on any atom is -0.329 e. The molecule has 0 heterocycles. The van der Waals surface area contributed by atoms with Crippen molar-refractivity contribution in [3.63, 3.8) is 0 Å². The van der Waals surface area contributed by atoms with E-state index in [9.17, 15) is 0 Å². The number of rotatable bonds is 6. The van der Waals surface area contributed by atoms with Gasteiger partial charge < -0.3 is 5.73 Å². The maximum Gasteiger partial charge on any atom is 0.0419 e. The third-order valence-corrected chi connectivity index (χ3v) is 3.92. The molecule has 0 radical (unpaired) electrons. The summed E-state index contributed by atoms with van der Waals surface area (Å²) < 4.78 is 0. The molecule has 0 amide bonds. The molecule has 1 atom stereocenters. The van der Waals surface area contributed by atoms with Crippen LogP contribution in [0.1, 0.15) is 30.6 Å². The molecule has 1 aromatic carbocycles. The van der Waals surface area contributed by atoms with Crippen molar-refractivity contribution in [3.05, 3.63) is 34.9 Å². The minimum absolute atomic E-state index is 0.411. The SMILES string of the molecule is CCCCSC(CN)c1ccc(Cl)cc1. The molecule has 0 saturated heterocycles. The number of halogens is 1.